The number of methoxy groups -OCH3 is 1. The third-order valence-corrected chi connectivity index (χ3v) is 6.25. The lowest BCUT2D eigenvalue weighted by molar-refractivity contribution is -0.143. The number of hydrogen-bond acceptors (Lipinski definition) is 4. The van der Waals surface area contributed by atoms with E-state index in [4.69, 9.17) is 9.47 Å². The summed E-state index contributed by atoms with van der Waals surface area (Å²) in [6.45, 7) is 8.08. The highest BCUT2D eigenvalue weighted by atomic mass is 79.9. The van der Waals surface area contributed by atoms with Gasteiger partial charge < -0.3 is 19.7 Å². The number of benzene rings is 2. The van der Waals surface area contributed by atoms with Crippen molar-refractivity contribution < 1.29 is 19.1 Å². The fourth-order valence-corrected chi connectivity index (χ4v) is 3.97. The standard InChI is InChI=1S/C26H35BrN2O4/c1-6-18(4)28-26(31)23(8-3)29(16-20-10-9-11-21(14-20)32-5)25(30)17-33-24-13-12-19(7-2)15-22(24)27/h9-15,18,23H,6-8,16-17H2,1-5H3,(H,28,31)/t18-,23+/m1/s1. The number of amides is 2. The second kappa shape index (κ2) is 13.2. The molecule has 6 nitrogen and oxygen atoms in total. The van der Waals surface area contributed by atoms with E-state index in [-0.39, 0.29) is 31.0 Å². The maximum absolute atomic E-state index is 13.3. The van der Waals surface area contributed by atoms with Gasteiger partial charge in [0.15, 0.2) is 6.61 Å². The van der Waals surface area contributed by atoms with E-state index in [1.54, 1.807) is 12.0 Å². The molecule has 0 aliphatic rings. The predicted octanol–water partition coefficient (Wildman–Crippen LogP) is 5.12. The zero-order chi connectivity index (χ0) is 24.4. The van der Waals surface area contributed by atoms with Crippen LogP contribution in [0.5, 0.6) is 11.5 Å². The van der Waals surface area contributed by atoms with Gasteiger partial charge in [-0.3, -0.25) is 9.59 Å². The van der Waals surface area contributed by atoms with Gasteiger partial charge in [0.2, 0.25) is 5.91 Å². The molecule has 0 saturated heterocycles. The minimum absolute atomic E-state index is 0.0320. The Hall–Kier alpha value is -2.54. The number of ether oxygens (including phenoxy) is 2. The molecule has 2 amide bonds. The Labute approximate surface area is 205 Å². The van der Waals surface area contributed by atoms with Crippen molar-refractivity contribution >= 4 is 27.7 Å². The molecule has 2 atom stereocenters. The van der Waals surface area contributed by atoms with Crippen LogP contribution in [0.2, 0.25) is 0 Å². The smallest absolute Gasteiger partial charge is 0.261 e. The Balaban J connectivity index is 2.25. The highest BCUT2D eigenvalue weighted by Crippen LogP contribution is 2.26. The predicted molar refractivity (Wildman–Crippen MR) is 135 cm³/mol. The van der Waals surface area contributed by atoms with Gasteiger partial charge in [-0.15, -0.1) is 0 Å². The first-order chi connectivity index (χ1) is 15.8. The summed E-state index contributed by atoms with van der Waals surface area (Å²) in [6, 6.07) is 12.8. The molecule has 0 aliphatic carbocycles. The monoisotopic (exact) mass is 518 g/mol. The maximum atomic E-state index is 13.3. The van der Waals surface area contributed by atoms with Crippen molar-refractivity contribution in [3.05, 3.63) is 58.1 Å². The molecule has 0 spiro atoms. The molecule has 7 heteroatoms. The second-order valence-corrected chi connectivity index (χ2v) is 8.88. The summed E-state index contributed by atoms with van der Waals surface area (Å²) >= 11 is 3.52. The lowest BCUT2D eigenvalue weighted by atomic mass is 10.1. The molecule has 2 aromatic rings. The number of nitrogens with one attached hydrogen (secondary N) is 1. The molecule has 0 fully saturated rings. The largest absolute Gasteiger partial charge is 0.497 e. The van der Waals surface area contributed by atoms with Crippen LogP contribution >= 0.6 is 15.9 Å². The van der Waals surface area contributed by atoms with Gasteiger partial charge in [0.1, 0.15) is 17.5 Å². The molecule has 0 heterocycles. The third kappa shape index (κ3) is 7.77. The minimum atomic E-state index is -0.604. The van der Waals surface area contributed by atoms with Crippen LogP contribution in [0.15, 0.2) is 46.9 Å². The van der Waals surface area contributed by atoms with E-state index in [9.17, 15) is 9.59 Å². The Bertz CT molecular complexity index is 934. The average Bonchev–Trinajstić information content (AvgIpc) is 2.82. The van der Waals surface area contributed by atoms with Crippen LogP contribution in [0.1, 0.15) is 51.7 Å². The van der Waals surface area contributed by atoms with Gasteiger partial charge in [-0.2, -0.15) is 0 Å². The maximum Gasteiger partial charge on any atom is 0.261 e. The van der Waals surface area contributed by atoms with Crippen LogP contribution < -0.4 is 14.8 Å². The van der Waals surface area contributed by atoms with Gasteiger partial charge in [0, 0.05) is 12.6 Å². The van der Waals surface area contributed by atoms with Gasteiger partial charge in [0.25, 0.3) is 5.91 Å². The van der Waals surface area contributed by atoms with E-state index in [0.29, 0.717) is 17.9 Å². The number of carbonyl (C=O) groups is 2. The van der Waals surface area contributed by atoms with Crippen molar-refractivity contribution in [1.29, 1.82) is 0 Å². The highest BCUT2D eigenvalue weighted by molar-refractivity contribution is 9.10. The summed E-state index contributed by atoms with van der Waals surface area (Å²) in [4.78, 5) is 28.0. The Morgan fingerprint density at radius 3 is 2.42 bits per heavy atom. The van der Waals surface area contributed by atoms with Crippen LogP contribution in [-0.4, -0.2) is 42.5 Å². The number of nitrogens with zero attached hydrogens (tertiary/aromatic N) is 1. The normalized spacial score (nSPS) is 12.5. The molecule has 2 rings (SSSR count). The molecule has 0 aromatic heterocycles. The van der Waals surface area contributed by atoms with Gasteiger partial charge in [0.05, 0.1) is 11.6 Å². The summed E-state index contributed by atoms with van der Waals surface area (Å²) in [5.41, 5.74) is 2.05. The number of aryl methyl sites for hydroxylation is 1. The summed E-state index contributed by atoms with van der Waals surface area (Å²) in [5.74, 6) is 0.888. The zero-order valence-electron chi connectivity index (χ0n) is 20.2. The molecular weight excluding hydrogens is 484 g/mol. The van der Waals surface area contributed by atoms with Crippen molar-refractivity contribution in [3.8, 4) is 11.5 Å². The van der Waals surface area contributed by atoms with E-state index in [2.05, 4.69) is 28.2 Å². The number of halogens is 1. The minimum Gasteiger partial charge on any atom is -0.497 e. The lowest BCUT2D eigenvalue weighted by Crippen LogP contribution is -2.51. The molecule has 180 valence electrons. The molecule has 1 N–H and O–H groups in total. The van der Waals surface area contributed by atoms with Gasteiger partial charge in [-0.05, 0) is 77.5 Å². The molecule has 0 aliphatic heterocycles. The number of carbonyl (C=O) groups excluding carboxylic acids is 2. The quantitative estimate of drug-likeness (QED) is 0.423. The Morgan fingerprint density at radius 2 is 1.82 bits per heavy atom. The Morgan fingerprint density at radius 1 is 1.06 bits per heavy atom. The Kier molecular flexibility index (Phi) is 10.7. The van der Waals surface area contributed by atoms with Gasteiger partial charge >= 0.3 is 0 Å². The summed E-state index contributed by atoms with van der Waals surface area (Å²) in [7, 11) is 1.60. The molecule has 33 heavy (non-hydrogen) atoms. The topological polar surface area (TPSA) is 67.9 Å². The van der Waals surface area contributed by atoms with Crippen LogP contribution in [0.3, 0.4) is 0 Å². The second-order valence-electron chi connectivity index (χ2n) is 8.02. The first kappa shape index (κ1) is 26.7. The molecule has 2 aromatic carbocycles. The van der Waals surface area contributed by atoms with Crippen LogP contribution in [-0.2, 0) is 22.6 Å². The lowest BCUT2D eigenvalue weighted by Gasteiger charge is -2.31. The molecule has 0 unspecified atom stereocenters. The van der Waals surface area contributed by atoms with Crippen LogP contribution in [0, 0.1) is 0 Å². The van der Waals surface area contributed by atoms with Crippen molar-refractivity contribution in [2.24, 2.45) is 0 Å². The first-order valence-corrected chi connectivity index (χ1v) is 12.3. The van der Waals surface area contributed by atoms with E-state index >= 15 is 0 Å². The van der Waals surface area contributed by atoms with E-state index in [0.717, 1.165) is 22.9 Å². The molecule has 0 bridgehead atoms. The average molecular weight is 519 g/mol. The molecule has 0 radical (unpaired) electrons. The van der Waals surface area contributed by atoms with Crippen LogP contribution in [0.25, 0.3) is 0 Å². The van der Waals surface area contributed by atoms with E-state index < -0.39 is 6.04 Å². The fourth-order valence-electron chi connectivity index (χ4n) is 3.43. The number of rotatable bonds is 12. The van der Waals surface area contributed by atoms with Crippen LogP contribution in [0.4, 0.5) is 0 Å². The summed E-state index contributed by atoms with van der Waals surface area (Å²) in [6.07, 6.45) is 2.22. The van der Waals surface area contributed by atoms with E-state index in [1.165, 1.54) is 5.56 Å². The number of hydrogen-bond donors (Lipinski definition) is 1. The SMILES string of the molecule is CCc1ccc(OCC(=O)N(Cc2cccc(OC)c2)[C@@H](CC)C(=O)N[C@H](C)CC)c(Br)c1. The van der Waals surface area contributed by atoms with Crippen molar-refractivity contribution in [1.82, 2.24) is 10.2 Å². The van der Waals surface area contributed by atoms with Gasteiger partial charge in [-0.25, -0.2) is 0 Å². The molecule has 0 saturated carbocycles. The highest BCUT2D eigenvalue weighted by Gasteiger charge is 2.29. The zero-order valence-corrected chi connectivity index (χ0v) is 21.8. The third-order valence-electron chi connectivity index (χ3n) is 5.63. The van der Waals surface area contributed by atoms with Gasteiger partial charge in [-0.1, -0.05) is 39.0 Å². The van der Waals surface area contributed by atoms with Crippen molar-refractivity contribution in [2.45, 2.75) is 65.6 Å². The fraction of sp³-hybridized carbons (Fsp3) is 0.462. The van der Waals surface area contributed by atoms with E-state index in [1.807, 2.05) is 63.2 Å². The van der Waals surface area contributed by atoms with Crippen molar-refractivity contribution in [2.75, 3.05) is 13.7 Å². The molecular formula is C26H35BrN2O4. The van der Waals surface area contributed by atoms with Crippen molar-refractivity contribution in [3.63, 3.8) is 0 Å². The summed E-state index contributed by atoms with van der Waals surface area (Å²) in [5, 5.41) is 3.01. The first-order valence-electron chi connectivity index (χ1n) is 11.5. The summed E-state index contributed by atoms with van der Waals surface area (Å²) < 4.78 is 12.0.